The molecular weight excluding hydrogens is 318 g/mol. The second-order valence-corrected chi connectivity index (χ2v) is 6.93. The molecule has 0 unspecified atom stereocenters. The molecule has 3 rings (SSSR count). The number of amides is 2. The summed E-state index contributed by atoms with van der Waals surface area (Å²) >= 11 is 0. The number of benzene rings is 1. The molecule has 6 heteroatoms. The van der Waals surface area contributed by atoms with Crippen molar-refractivity contribution in [1.82, 2.24) is 15.1 Å². The SMILES string of the molecule is CCN1CCN(C(=O)NCC2(c3ccc(OC)c(OC)c3)CC2)CC1. The fourth-order valence-electron chi connectivity index (χ4n) is 3.51. The summed E-state index contributed by atoms with van der Waals surface area (Å²) in [7, 11) is 3.29. The van der Waals surface area contributed by atoms with Crippen LogP contribution in [0.2, 0.25) is 0 Å². The van der Waals surface area contributed by atoms with E-state index in [0.717, 1.165) is 57.1 Å². The molecule has 1 aromatic carbocycles. The molecule has 2 fully saturated rings. The predicted molar refractivity (Wildman–Crippen MR) is 97.5 cm³/mol. The number of urea groups is 1. The Balaban J connectivity index is 1.58. The van der Waals surface area contributed by atoms with E-state index in [1.165, 1.54) is 5.56 Å². The number of likely N-dealkylation sites (N-methyl/N-ethyl adjacent to an activating group) is 1. The van der Waals surface area contributed by atoms with Crippen LogP contribution in [0.1, 0.15) is 25.3 Å². The Morgan fingerprint density at radius 1 is 1.12 bits per heavy atom. The Bertz CT molecular complexity index is 608. The summed E-state index contributed by atoms with van der Waals surface area (Å²) in [5.74, 6) is 1.48. The van der Waals surface area contributed by atoms with Crippen LogP contribution in [-0.2, 0) is 5.41 Å². The number of piperazine rings is 1. The molecule has 0 radical (unpaired) electrons. The number of nitrogens with zero attached hydrogens (tertiary/aromatic N) is 2. The molecule has 0 aromatic heterocycles. The topological polar surface area (TPSA) is 54.0 Å². The summed E-state index contributed by atoms with van der Waals surface area (Å²) < 4.78 is 10.7. The molecule has 1 N–H and O–H groups in total. The molecule has 6 nitrogen and oxygen atoms in total. The van der Waals surface area contributed by atoms with Crippen molar-refractivity contribution in [3.05, 3.63) is 23.8 Å². The van der Waals surface area contributed by atoms with Gasteiger partial charge in [-0.25, -0.2) is 4.79 Å². The zero-order valence-electron chi connectivity index (χ0n) is 15.5. The highest BCUT2D eigenvalue weighted by Crippen LogP contribution is 2.49. The molecule has 2 aliphatic rings. The van der Waals surface area contributed by atoms with Crippen molar-refractivity contribution in [3.63, 3.8) is 0 Å². The molecule has 1 heterocycles. The highest BCUT2D eigenvalue weighted by Gasteiger charge is 2.45. The van der Waals surface area contributed by atoms with Gasteiger partial charge in [0.15, 0.2) is 11.5 Å². The van der Waals surface area contributed by atoms with Crippen LogP contribution < -0.4 is 14.8 Å². The highest BCUT2D eigenvalue weighted by molar-refractivity contribution is 5.74. The molecule has 1 saturated heterocycles. The number of carbonyl (C=O) groups excluding carboxylic acids is 1. The Morgan fingerprint density at radius 3 is 2.36 bits per heavy atom. The van der Waals surface area contributed by atoms with Gasteiger partial charge < -0.3 is 24.6 Å². The summed E-state index contributed by atoms with van der Waals surface area (Å²) in [6.07, 6.45) is 2.18. The van der Waals surface area contributed by atoms with Crippen LogP contribution in [0, 0.1) is 0 Å². The van der Waals surface area contributed by atoms with Crippen molar-refractivity contribution in [2.24, 2.45) is 0 Å². The number of hydrogen-bond acceptors (Lipinski definition) is 4. The van der Waals surface area contributed by atoms with Crippen LogP contribution in [0.25, 0.3) is 0 Å². The maximum absolute atomic E-state index is 12.5. The monoisotopic (exact) mass is 347 g/mol. The third-order valence-corrected chi connectivity index (χ3v) is 5.53. The van der Waals surface area contributed by atoms with Crippen molar-refractivity contribution in [2.75, 3.05) is 53.5 Å². The predicted octanol–water partition coefficient (Wildman–Crippen LogP) is 2.08. The van der Waals surface area contributed by atoms with E-state index in [1.807, 2.05) is 17.0 Å². The first kappa shape index (κ1) is 17.9. The van der Waals surface area contributed by atoms with Crippen LogP contribution in [0.5, 0.6) is 11.5 Å². The minimum atomic E-state index is 0.0421. The van der Waals surface area contributed by atoms with E-state index < -0.39 is 0 Å². The number of nitrogens with one attached hydrogen (secondary N) is 1. The third-order valence-electron chi connectivity index (χ3n) is 5.53. The second-order valence-electron chi connectivity index (χ2n) is 6.93. The van der Waals surface area contributed by atoms with Gasteiger partial charge in [-0.2, -0.15) is 0 Å². The van der Waals surface area contributed by atoms with E-state index in [4.69, 9.17) is 9.47 Å². The van der Waals surface area contributed by atoms with Crippen LogP contribution in [-0.4, -0.2) is 69.3 Å². The van der Waals surface area contributed by atoms with E-state index in [1.54, 1.807) is 14.2 Å². The van der Waals surface area contributed by atoms with Gasteiger partial charge in [0, 0.05) is 38.1 Å². The normalized spacial score (nSPS) is 19.4. The third kappa shape index (κ3) is 3.84. The minimum Gasteiger partial charge on any atom is -0.493 e. The Morgan fingerprint density at radius 2 is 1.80 bits per heavy atom. The molecule has 1 aromatic rings. The molecule has 1 saturated carbocycles. The molecule has 0 atom stereocenters. The Hall–Kier alpha value is -1.95. The molecule has 0 bridgehead atoms. The van der Waals surface area contributed by atoms with Crippen LogP contribution in [0.15, 0.2) is 18.2 Å². The fraction of sp³-hybridized carbons (Fsp3) is 0.632. The zero-order valence-corrected chi connectivity index (χ0v) is 15.5. The molecule has 1 aliphatic heterocycles. The minimum absolute atomic E-state index is 0.0421. The van der Waals surface area contributed by atoms with E-state index in [2.05, 4.69) is 23.2 Å². The van der Waals surface area contributed by atoms with E-state index in [0.29, 0.717) is 6.54 Å². The van der Waals surface area contributed by atoms with Crippen LogP contribution in [0.3, 0.4) is 0 Å². The molecular formula is C19H29N3O3. The van der Waals surface area contributed by atoms with Crippen molar-refractivity contribution in [1.29, 1.82) is 0 Å². The van der Waals surface area contributed by atoms with Gasteiger partial charge in [-0.15, -0.1) is 0 Å². The van der Waals surface area contributed by atoms with E-state index >= 15 is 0 Å². The average Bonchev–Trinajstić information content (AvgIpc) is 3.46. The lowest BCUT2D eigenvalue weighted by atomic mass is 9.95. The number of rotatable bonds is 6. The van der Waals surface area contributed by atoms with Crippen molar-refractivity contribution in [2.45, 2.75) is 25.2 Å². The van der Waals surface area contributed by atoms with Gasteiger partial charge in [-0.05, 0) is 37.1 Å². The van der Waals surface area contributed by atoms with Gasteiger partial charge in [-0.1, -0.05) is 13.0 Å². The fourth-order valence-corrected chi connectivity index (χ4v) is 3.51. The number of hydrogen-bond donors (Lipinski definition) is 1. The van der Waals surface area contributed by atoms with Gasteiger partial charge in [0.25, 0.3) is 0 Å². The maximum atomic E-state index is 12.5. The van der Waals surface area contributed by atoms with Gasteiger partial charge >= 0.3 is 6.03 Å². The van der Waals surface area contributed by atoms with Gasteiger partial charge in [0.2, 0.25) is 0 Å². The zero-order chi connectivity index (χ0) is 17.9. The lowest BCUT2D eigenvalue weighted by Crippen LogP contribution is -2.52. The molecule has 138 valence electrons. The Labute approximate surface area is 150 Å². The summed E-state index contributed by atoms with van der Waals surface area (Å²) in [5, 5.41) is 3.15. The summed E-state index contributed by atoms with van der Waals surface area (Å²) in [4.78, 5) is 16.8. The first-order chi connectivity index (χ1) is 12.1. The van der Waals surface area contributed by atoms with Crippen molar-refractivity contribution >= 4 is 6.03 Å². The summed E-state index contributed by atoms with van der Waals surface area (Å²) in [6, 6.07) is 6.13. The standard InChI is InChI=1S/C19H29N3O3/c1-4-21-9-11-22(12-10-21)18(23)20-14-19(7-8-19)15-5-6-16(24-2)17(13-15)25-3/h5-6,13H,4,7-12,14H2,1-3H3,(H,20,23). The smallest absolute Gasteiger partial charge is 0.317 e. The lowest BCUT2D eigenvalue weighted by Gasteiger charge is -2.34. The molecule has 25 heavy (non-hydrogen) atoms. The second kappa shape index (κ2) is 7.52. The lowest BCUT2D eigenvalue weighted by molar-refractivity contribution is 0.142. The quantitative estimate of drug-likeness (QED) is 0.856. The largest absolute Gasteiger partial charge is 0.493 e. The summed E-state index contributed by atoms with van der Waals surface area (Å²) in [5.41, 5.74) is 1.25. The number of ether oxygens (including phenoxy) is 2. The van der Waals surface area contributed by atoms with Crippen molar-refractivity contribution < 1.29 is 14.3 Å². The van der Waals surface area contributed by atoms with Crippen LogP contribution in [0.4, 0.5) is 4.79 Å². The van der Waals surface area contributed by atoms with Gasteiger partial charge in [0.05, 0.1) is 14.2 Å². The van der Waals surface area contributed by atoms with Crippen molar-refractivity contribution in [3.8, 4) is 11.5 Å². The van der Waals surface area contributed by atoms with Gasteiger partial charge in [0.1, 0.15) is 0 Å². The van der Waals surface area contributed by atoms with E-state index in [9.17, 15) is 4.79 Å². The first-order valence-corrected chi connectivity index (χ1v) is 9.09. The average molecular weight is 347 g/mol. The first-order valence-electron chi connectivity index (χ1n) is 9.09. The maximum Gasteiger partial charge on any atom is 0.317 e. The molecule has 0 spiro atoms. The molecule has 1 aliphatic carbocycles. The Kier molecular flexibility index (Phi) is 5.37. The number of methoxy groups -OCH3 is 2. The summed E-state index contributed by atoms with van der Waals surface area (Å²) in [6.45, 7) is 7.43. The highest BCUT2D eigenvalue weighted by atomic mass is 16.5. The molecule has 2 amide bonds. The van der Waals surface area contributed by atoms with Crippen LogP contribution >= 0.6 is 0 Å². The number of carbonyl (C=O) groups is 1. The van der Waals surface area contributed by atoms with Gasteiger partial charge in [-0.3, -0.25) is 0 Å². The van der Waals surface area contributed by atoms with E-state index in [-0.39, 0.29) is 11.4 Å².